The van der Waals surface area contributed by atoms with Crippen molar-refractivity contribution < 1.29 is 14.3 Å². The molecule has 114 valence electrons. The summed E-state index contributed by atoms with van der Waals surface area (Å²) in [6.07, 6.45) is 0.163. The number of carbonyl (C=O) groups is 1. The highest BCUT2D eigenvalue weighted by atomic mass is 16.6. The largest absolute Gasteiger partial charge is 0.445 e. The Balaban J connectivity index is 1.55. The van der Waals surface area contributed by atoms with Gasteiger partial charge in [-0.25, -0.2) is 4.79 Å². The lowest BCUT2D eigenvalue weighted by Gasteiger charge is -2.15. The zero-order chi connectivity index (χ0) is 15.4. The fourth-order valence-corrected chi connectivity index (χ4v) is 2.47. The van der Waals surface area contributed by atoms with Gasteiger partial charge < -0.3 is 9.47 Å². The summed E-state index contributed by atoms with van der Waals surface area (Å²) in [5, 5.41) is 2.85. The summed E-state index contributed by atoms with van der Waals surface area (Å²) in [6, 6.07) is 19.6. The third-order valence-electron chi connectivity index (χ3n) is 3.82. The Labute approximate surface area is 130 Å². The molecule has 1 aliphatic rings. The minimum atomic E-state index is -0.644. The van der Waals surface area contributed by atoms with Gasteiger partial charge in [-0.3, -0.25) is 5.32 Å². The van der Waals surface area contributed by atoms with Gasteiger partial charge in [0, 0.05) is 6.42 Å². The van der Waals surface area contributed by atoms with Crippen LogP contribution in [-0.4, -0.2) is 17.9 Å². The summed E-state index contributed by atoms with van der Waals surface area (Å²) in [7, 11) is 0. The summed E-state index contributed by atoms with van der Waals surface area (Å²) >= 11 is 0. The topological polar surface area (TPSA) is 50.9 Å². The van der Waals surface area contributed by atoms with Crippen molar-refractivity contribution in [3.05, 3.63) is 71.8 Å². The van der Waals surface area contributed by atoms with Crippen LogP contribution in [0.4, 0.5) is 4.79 Å². The maximum Gasteiger partial charge on any atom is 0.409 e. The second-order valence-corrected chi connectivity index (χ2v) is 5.50. The van der Waals surface area contributed by atoms with Crippen LogP contribution in [0.15, 0.2) is 60.7 Å². The smallest absolute Gasteiger partial charge is 0.409 e. The number of nitrogens with one attached hydrogen (secondary N) is 1. The van der Waals surface area contributed by atoms with Crippen LogP contribution in [-0.2, 0) is 22.5 Å². The Morgan fingerprint density at radius 2 is 1.64 bits per heavy atom. The van der Waals surface area contributed by atoms with Crippen LogP contribution in [0.1, 0.15) is 18.1 Å². The molecule has 0 aromatic heterocycles. The zero-order valence-corrected chi connectivity index (χ0v) is 12.5. The van der Waals surface area contributed by atoms with Crippen molar-refractivity contribution in [3.63, 3.8) is 0 Å². The SMILES string of the molecule is CC1OC1(Cc1ccccc1)NC(=O)OCc1ccccc1. The lowest BCUT2D eigenvalue weighted by atomic mass is 10.0. The van der Waals surface area contributed by atoms with Gasteiger partial charge in [0.25, 0.3) is 0 Å². The summed E-state index contributed by atoms with van der Waals surface area (Å²) in [4.78, 5) is 12.0. The maximum absolute atomic E-state index is 12.0. The van der Waals surface area contributed by atoms with Crippen LogP contribution in [0.3, 0.4) is 0 Å². The van der Waals surface area contributed by atoms with E-state index < -0.39 is 11.8 Å². The molecule has 1 heterocycles. The van der Waals surface area contributed by atoms with Gasteiger partial charge >= 0.3 is 6.09 Å². The van der Waals surface area contributed by atoms with E-state index in [0.717, 1.165) is 11.1 Å². The molecule has 1 amide bonds. The Bertz CT molecular complexity index is 629. The number of hydrogen-bond donors (Lipinski definition) is 1. The maximum atomic E-state index is 12.0. The van der Waals surface area contributed by atoms with Crippen molar-refractivity contribution in [1.82, 2.24) is 5.32 Å². The summed E-state index contributed by atoms with van der Waals surface area (Å²) in [5.41, 5.74) is 1.43. The van der Waals surface area contributed by atoms with Crippen molar-refractivity contribution >= 4 is 6.09 Å². The van der Waals surface area contributed by atoms with Crippen molar-refractivity contribution in [2.45, 2.75) is 31.8 Å². The number of alkyl carbamates (subject to hydrolysis) is 1. The molecule has 2 atom stereocenters. The lowest BCUT2D eigenvalue weighted by molar-refractivity contribution is 0.123. The number of amides is 1. The van der Waals surface area contributed by atoms with Gasteiger partial charge in [-0.2, -0.15) is 0 Å². The molecule has 22 heavy (non-hydrogen) atoms. The fourth-order valence-electron chi connectivity index (χ4n) is 2.47. The average molecular weight is 297 g/mol. The zero-order valence-electron chi connectivity index (χ0n) is 12.5. The fraction of sp³-hybridized carbons (Fsp3) is 0.278. The van der Waals surface area contributed by atoms with Gasteiger partial charge in [0.2, 0.25) is 0 Å². The number of hydrogen-bond acceptors (Lipinski definition) is 3. The number of rotatable bonds is 5. The summed E-state index contributed by atoms with van der Waals surface area (Å²) < 4.78 is 10.9. The lowest BCUT2D eigenvalue weighted by Crippen LogP contribution is -2.41. The third kappa shape index (κ3) is 3.46. The molecular weight excluding hydrogens is 278 g/mol. The molecule has 1 fully saturated rings. The van der Waals surface area contributed by atoms with Gasteiger partial charge in [-0.05, 0) is 18.1 Å². The molecule has 0 bridgehead atoms. The van der Waals surface area contributed by atoms with Crippen LogP contribution in [0.2, 0.25) is 0 Å². The first-order valence-electron chi connectivity index (χ1n) is 7.38. The third-order valence-corrected chi connectivity index (χ3v) is 3.82. The molecule has 2 aromatic carbocycles. The predicted octanol–water partition coefficient (Wildman–Crippen LogP) is 3.27. The molecule has 0 radical (unpaired) electrons. The van der Waals surface area contributed by atoms with Gasteiger partial charge in [0.1, 0.15) is 12.7 Å². The average Bonchev–Trinajstić information content (AvgIpc) is 3.16. The molecule has 1 saturated heterocycles. The molecule has 2 aromatic rings. The number of carbonyl (C=O) groups excluding carboxylic acids is 1. The van der Waals surface area contributed by atoms with Crippen LogP contribution in [0.25, 0.3) is 0 Å². The second-order valence-electron chi connectivity index (χ2n) is 5.50. The van der Waals surface area contributed by atoms with E-state index in [9.17, 15) is 4.79 Å². The van der Waals surface area contributed by atoms with E-state index in [0.29, 0.717) is 6.42 Å². The van der Waals surface area contributed by atoms with Crippen LogP contribution in [0, 0.1) is 0 Å². The van der Waals surface area contributed by atoms with E-state index in [1.807, 2.05) is 67.6 Å². The standard InChI is InChI=1S/C18H19NO3/c1-14-18(22-14,12-15-8-4-2-5-9-15)19-17(20)21-13-16-10-6-3-7-11-16/h2-11,14H,12-13H2,1H3,(H,19,20). The van der Waals surface area contributed by atoms with Gasteiger partial charge in [-0.15, -0.1) is 0 Å². The highest BCUT2D eigenvalue weighted by Crippen LogP contribution is 2.36. The van der Waals surface area contributed by atoms with E-state index in [2.05, 4.69) is 5.32 Å². The number of epoxide rings is 1. The first-order valence-corrected chi connectivity index (χ1v) is 7.38. The first kappa shape index (κ1) is 14.6. The quantitative estimate of drug-likeness (QED) is 0.862. The normalized spacial score (nSPS) is 22.9. The Morgan fingerprint density at radius 3 is 2.18 bits per heavy atom. The molecule has 0 spiro atoms. The van der Waals surface area contributed by atoms with Crippen LogP contribution >= 0.6 is 0 Å². The second kappa shape index (κ2) is 6.20. The molecule has 4 heteroatoms. The van der Waals surface area contributed by atoms with Gasteiger partial charge in [0.15, 0.2) is 5.72 Å². The van der Waals surface area contributed by atoms with Gasteiger partial charge in [0.05, 0.1) is 0 Å². The van der Waals surface area contributed by atoms with Crippen molar-refractivity contribution in [1.29, 1.82) is 0 Å². The molecule has 1 N–H and O–H groups in total. The van der Waals surface area contributed by atoms with E-state index in [1.165, 1.54) is 0 Å². The minimum Gasteiger partial charge on any atom is -0.445 e. The first-order chi connectivity index (χ1) is 10.7. The van der Waals surface area contributed by atoms with E-state index in [-0.39, 0.29) is 12.7 Å². The van der Waals surface area contributed by atoms with E-state index in [1.54, 1.807) is 0 Å². The Morgan fingerprint density at radius 1 is 1.09 bits per heavy atom. The van der Waals surface area contributed by atoms with E-state index >= 15 is 0 Å². The molecule has 0 saturated carbocycles. The van der Waals surface area contributed by atoms with Crippen molar-refractivity contribution in [2.24, 2.45) is 0 Å². The molecule has 1 aliphatic heterocycles. The van der Waals surface area contributed by atoms with Crippen molar-refractivity contribution in [3.8, 4) is 0 Å². The molecule has 0 aliphatic carbocycles. The molecule has 4 nitrogen and oxygen atoms in total. The highest BCUT2D eigenvalue weighted by molar-refractivity contribution is 5.68. The van der Waals surface area contributed by atoms with E-state index in [4.69, 9.17) is 9.47 Å². The molecule has 2 unspecified atom stereocenters. The number of ether oxygens (including phenoxy) is 2. The summed E-state index contributed by atoms with van der Waals surface area (Å²) in [5.74, 6) is 0. The highest BCUT2D eigenvalue weighted by Gasteiger charge is 2.55. The molecule has 3 rings (SSSR count). The van der Waals surface area contributed by atoms with Crippen LogP contribution in [0.5, 0.6) is 0 Å². The summed E-state index contributed by atoms with van der Waals surface area (Å²) in [6.45, 7) is 2.20. The Kier molecular flexibility index (Phi) is 4.11. The minimum absolute atomic E-state index is 0.0167. The predicted molar refractivity (Wildman–Crippen MR) is 83.2 cm³/mol. The van der Waals surface area contributed by atoms with Gasteiger partial charge in [-0.1, -0.05) is 60.7 Å². The van der Waals surface area contributed by atoms with Crippen LogP contribution < -0.4 is 5.32 Å². The molecular formula is C18H19NO3. The monoisotopic (exact) mass is 297 g/mol. The number of benzene rings is 2. The van der Waals surface area contributed by atoms with Crippen molar-refractivity contribution in [2.75, 3.05) is 0 Å². The Hall–Kier alpha value is -2.33.